The maximum Gasteiger partial charge on any atom is 0.264 e. The highest BCUT2D eigenvalue weighted by atomic mass is 35.5. The van der Waals surface area contributed by atoms with Gasteiger partial charge in [0.25, 0.3) is 5.91 Å². The van der Waals surface area contributed by atoms with Crippen LogP contribution in [0.3, 0.4) is 0 Å². The number of carbonyl (C=O) groups is 1. The second kappa shape index (κ2) is 5.41. The molecule has 3 aliphatic rings. The molecule has 0 aliphatic carbocycles. The predicted molar refractivity (Wildman–Crippen MR) is 80.0 cm³/mol. The monoisotopic (exact) mass is 323 g/mol. The van der Waals surface area contributed by atoms with Crippen molar-refractivity contribution in [3.63, 3.8) is 0 Å². The second-order valence-corrected chi connectivity index (χ2v) is 6.43. The Morgan fingerprint density at radius 3 is 2.68 bits per heavy atom. The van der Waals surface area contributed by atoms with Gasteiger partial charge in [-0.2, -0.15) is 0 Å². The van der Waals surface area contributed by atoms with Crippen molar-refractivity contribution in [3.8, 4) is 5.75 Å². The summed E-state index contributed by atoms with van der Waals surface area (Å²) in [5, 5.41) is 0.672. The summed E-state index contributed by atoms with van der Waals surface area (Å²) in [7, 11) is 0. The number of likely N-dealkylation sites (tertiary alicyclic amines) is 1. The summed E-state index contributed by atoms with van der Waals surface area (Å²) in [6.07, 6.45) is 1.60. The molecule has 22 heavy (non-hydrogen) atoms. The standard InChI is InChI=1S/C16H18ClNO4/c17-12-1-2-13-11(9-12)10-14(22-13)15(19)18-5-3-16(4-6-18)20-7-8-21-16/h1-2,9,14H,3-8,10H2/t14-/m0/s1. The van der Waals surface area contributed by atoms with Crippen LogP contribution in [-0.4, -0.2) is 49.0 Å². The van der Waals surface area contributed by atoms with Crippen LogP contribution in [0.4, 0.5) is 0 Å². The molecule has 0 bridgehead atoms. The smallest absolute Gasteiger partial charge is 0.264 e. The molecule has 3 aliphatic heterocycles. The molecule has 1 atom stereocenters. The summed E-state index contributed by atoms with van der Waals surface area (Å²) in [5.41, 5.74) is 1.00. The van der Waals surface area contributed by atoms with Crippen LogP contribution in [0.15, 0.2) is 18.2 Å². The quantitative estimate of drug-likeness (QED) is 0.793. The van der Waals surface area contributed by atoms with Crippen LogP contribution < -0.4 is 4.74 Å². The van der Waals surface area contributed by atoms with Crippen molar-refractivity contribution in [2.24, 2.45) is 0 Å². The van der Waals surface area contributed by atoms with Crippen molar-refractivity contribution in [3.05, 3.63) is 28.8 Å². The van der Waals surface area contributed by atoms with Crippen molar-refractivity contribution in [1.29, 1.82) is 0 Å². The van der Waals surface area contributed by atoms with E-state index in [1.54, 1.807) is 6.07 Å². The molecule has 4 rings (SSSR count). The maximum atomic E-state index is 12.6. The van der Waals surface area contributed by atoms with Crippen molar-refractivity contribution in [1.82, 2.24) is 4.90 Å². The van der Waals surface area contributed by atoms with E-state index < -0.39 is 11.9 Å². The molecule has 0 unspecified atom stereocenters. The van der Waals surface area contributed by atoms with E-state index in [4.69, 9.17) is 25.8 Å². The minimum atomic E-state index is -0.455. The summed E-state index contributed by atoms with van der Waals surface area (Å²) >= 11 is 5.99. The predicted octanol–water partition coefficient (Wildman–Crippen LogP) is 2.01. The SMILES string of the molecule is O=C([C@@H]1Cc2cc(Cl)ccc2O1)N1CCC2(CC1)OCCO2. The van der Waals surface area contributed by atoms with Crippen LogP contribution in [0.1, 0.15) is 18.4 Å². The van der Waals surface area contributed by atoms with E-state index in [0.717, 1.165) is 24.2 Å². The summed E-state index contributed by atoms with van der Waals surface area (Å²) in [6.45, 7) is 2.59. The molecule has 2 saturated heterocycles. The van der Waals surface area contributed by atoms with Gasteiger partial charge in [0.1, 0.15) is 5.75 Å². The van der Waals surface area contributed by atoms with E-state index in [0.29, 0.717) is 37.7 Å². The van der Waals surface area contributed by atoms with E-state index in [2.05, 4.69) is 0 Å². The molecule has 0 radical (unpaired) electrons. The minimum Gasteiger partial charge on any atom is -0.480 e. The first kappa shape index (κ1) is 14.3. The third-order valence-corrected chi connectivity index (χ3v) is 4.86. The Labute approximate surface area is 134 Å². The third kappa shape index (κ3) is 2.47. The van der Waals surface area contributed by atoms with Gasteiger partial charge in [-0.1, -0.05) is 11.6 Å². The van der Waals surface area contributed by atoms with Gasteiger partial charge in [0, 0.05) is 37.4 Å². The molecule has 5 nitrogen and oxygen atoms in total. The summed E-state index contributed by atoms with van der Waals surface area (Å²) < 4.78 is 17.2. The molecule has 1 aromatic carbocycles. The highest BCUT2D eigenvalue weighted by Crippen LogP contribution is 2.34. The Kier molecular flexibility index (Phi) is 3.51. The number of amides is 1. The van der Waals surface area contributed by atoms with Gasteiger partial charge in [-0.15, -0.1) is 0 Å². The first-order valence-electron chi connectivity index (χ1n) is 7.67. The van der Waals surface area contributed by atoms with Gasteiger partial charge in [-0.3, -0.25) is 4.79 Å². The van der Waals surface area contributed by atoms with Gasteiger partial charge in [0.15, 0.2) is 11.9 Å². The van der Waals surface area contributed by atoms with Crippen LogP contribution in [0.5, 0.6) is 5.75 Å². The molecule has 2 fully saturated rings. The summed E-state index contributed by atoms with van der Waals surface area (Å²) in [6, 6.07) is 5.48. The van der Waals surface area contributed by atoms with Crippen molar-refractivity contribution in [2.75, 3.05) is 26.3 Å². The zero-order valence-electron chi connectivity index (χ0n) is 12.2. The van der Waals surface area contributed by atoms with E-state index in [9.17, 15) is 4.79 Å². The van der Waals surface area contributed by atoms with Crippen LogP contribution in [0, 0.1) is 0 Å². The van der Waals surface area contributed by atoms with Crippen LogP contribution in [0.2, 0.25) is 5.02 Å². The Balaban J connectivity index is 1.39. The molecule has 1 spiro atoms. The number of rotatable bonds is 1. The van der Waals surface area contributed by atoms with Crippen LogP contribution in [0.25, 0.3) is 0 Å². The number of hydrogen-bond donors (Lipinski definition) is 0. The molecule has 0 saturated carbocycles. The van der Waals surface area contributed by atoms with E-state index in [-0.39, 0.29) is 5.91 Å². The Morgan fingerprint density at radius 2 is 1.95 bits per heavy atom. The van der Waals surface area contributed by atoms with Gasteiger partial charge in [0.05, 0.1) is 13.2 Å². The van der Waals surface area contributed by atoms with Crippen molar-refractivity contribution >= 4 is 17.5 Å². The number of carbonyl (C=O) groups excluding carboxylic acids is 1. The molecule has 1 amide bonds. The Morgan fingerprint density at radius 1 is 1.23 bits per heavy atom. The average Bonchev–Trinajstić information content (AvgIpc) is 3.14. The fourth-order valence-corrected chi connectivity index (χ4v) is 3.61. The van der Waals surface area contributed by atoms with E-state index >= 15 is 0 Å². The van der Waals surface area contributed by atoms with Crippen LogP contribution >= 0.6 is 11.6 Å². The number of nitrogens with zero attached hydrogens (tertiary/aromatic N) is 1. The van der Waals surface area contributed by atoms with Gasteiger partial charge in [-0.05, 0) is 23.8 Å². The van der Waals surface area contributed by atoms with Crippen molar-refractivity contribution < 1.29 is 19.0 Å². The van der Waals surface area contributed by atoms with E-state index in [1.165, 1.54) is 0 Å². The molecule has 0 aromatic heterocycles. The summed E-state index contributed by atoms with van der Waals surface area (Å²) in [4.78, 5) is 14.5. The number of piperidine rings is 1. The first-order valence-corrected chi connectivity index (χ1v) is 8.05. The molecule has 118 valence electrons. The number of halogens is 1. The number of ether oxygens (including phenoxy) is 3. The number of fused-ring (bicyclic) bond motifs is 1. The summed E-state index contributed by atoms with van der Waals surface area (Å²) in [5.74, 6) is 0.350. The normalized spacial score (nSPS) is 26.0. The molecule has 1 aromatic rings. The highest BCUT2D eigenvalue weighted by molar-refractivity contribution is 6.30. The highest BCUT2D eigenvalue weighted by Gasteiger charge is 2.42. The fourth-order valence-electron chi connectivity index (χ4n) is 3.41. The van der Waals surface area contributed by atoms with Gasteiger partial charge in [0.2, 0.25) is 0 Å². The van der Waals surface area contributed by atoms with Gasteiger partial charge >= 0.3 is 0 Å². The lowest BCUT2D eigenvalue weighted by Gasteiger charge is -2.38. The first-order chi connectivity index (χ1) is 10.7. The zero-order chi connectivity index (χ0) is 15.2. The lowest BCUT2D eigenvalue weighted by molar-refractivity contribution is -0.188. The molecule has 0 N–H and O–H groups in total. The van der Waals surface area contributed by atoms with E-state index in [1.807, 2.05) is 17.0 Å². The van der Waals surface area contributed by atoms with Gasteiger partial charge < -0.3 is 19.1 Å². The molecule has 6 heteroatoms. The van der Waals surface area contributed by atoms with Crippen LogP contribution in [-0.2, 0) is 20.7 Å². The van der Waals surface area contributed by atoms with Gasteiger partial charge in [-0.25, -0.2) is 0 Å². The maximum absolute atomic E-state index is 12.6. The largest absolute Gasteiger partial charge is 0.480 e. The lowest BCUT2D eigenvalue weighted by Crippen LogP contribution is -2.50. The average molecular weight is 324 g/mol. The fraction of sp³-hybridized carbons (Fsp3) is 0.562. The zero-order valence-corrected chi connectivity index (χ0v) is 13.0. The molecule has 3 heterocycles. The molecular formula is C16H18ClNO4. The van der Waals surface area contributed by atoms with Crippen molar-refractivity contribution in [2.45, 2.75) is 31.2 Å². The number of benzene rings is 1. The lowest BCUT2D eigenvalue weighted by atomic mass is 10.0. The topological polar surface area (TPSA) is 48.0 Å². The number of hydrogen-bond acceptors (Lipinski definition) is 4. The third-order valence-electron chi connectivity index (χ3n) is 4.62. The minimum absolute atomic E-state index is 0.0418. The Bertz CT molecular complexity index is 590. The Hall–Kier alpha value is -1.30. The molecular weight excluding hydrogens is 306 g/mol. The second-order valence-electron chi connectivity index (χ2n) is 6.00.